The maximum absolute atomic E-state index is 10.7. The molecule has 1 aromatic rings. The van der Waals surface area contributed by atoms with Gasteiger partial charge in [0.2, 0.25) is 0 Å². The molecule has 0 amide bonds. The number of aromatic carboxylic acids is 1. The molecule has 1 unspecified atom stereocenters. The lowest BCUT2D eigenvalue weighted by atomic mass is 10.2. The average molecular weight is 238 g/mol. The molecule has 0 aliphatic carbocycles. The van der Waals surface area contributed by atoms with Crippen LogP contribution in [0.15, 0.2) is 18.3 Å². The zero-order chi connectivity index (χ0) is 11.5. The van der Waals surface area contributed by atoms with E-state index in [4.69, 9.17) is 5.11 Å². The fraction of sp³-hybridized carbons (Fsp3) is 0.455. The van der Waals surface area contributed by atoms with Crippen molar-refractivity contribution in [3.63, 3.8) is 0 Å². The number of hydrogen-bond acceptors (Lipinski definition) is 4. The van der Waals surface area contributed by atoms with E-state index in [1.54, 1.807) is 12.1 Å². The Morgan fingerprint density at radius 2 is 2.44 bits per heavy atom. The number of carboxylic acid groups (broad SMARTS) is 1. The second-order valence-corrected chi connectivity index (χ2v) is 4.98. The van der Waals surface area contributed by atoms with Crippen molar-refractivity contribution in [1.82, 2.24) is 4.98 Å². The van der Waals surface area contributed by atoms with E-state index in [9.17, 15) is 4.79 Å². The van der Waals surface area contributed by atoms with E-state index in [-0.39, 0.29) is 5.56 Å². The van der Waals surface area contributed by atoms with Gasteiger partial charge in [-0.15, -0.1) is 0 Å². The molecule has 1 fully saturated rings. The van der Waals surface area contributed by atoms with Crippen LogP contribution in [-0.4, -0.2) is 40.2 Å². The second-order valence-electron chi connectivity index (χ2n) is 3.83. The number of anilines is 1. The van der Waals surface area contributed by atoms with E-state index in [2.05, 4.69) is 16.8 Å². The van der Waals surface area contributed by atoms with Crippen LogP contribution in [0, 0.1) is 0 Å². The summed E-state index contributed by atoms with van der Waals surface area (Å²) in [5.41, 5.74) is 0.239. The standard InChI is InChI=1S/C11H14N2O2S/c1-8-7-16-5-4-13(8)10-3-2-9(6-12-10)11(14)15/h2-3,6,8H,4-5,7H2,1H3,(H,14,15). The maximum atomic E-state index is 10.7. The first-order chi connectivity index (χ1) is 7.68. The summed E-state index contributed by atoms with van der Waals surface area (Å²) >= 11 is 1.95. The molecule has 0 bridgehead atoms. The molecule has 4 nitrogen and oxygen atoms in total. The van der Waals surface area contributed by atoms with Gasteiger partial charge in [-0.2, -0.15) is 11.8 Å². The third-order valence-corrected chi connectivity index (χ3v) is 3.85. The van der Waals surface area contributed by atoms with Gasteiger partial charge in [0.25, 0.3) is 0 Å². The highest BCUT2D eigenvalue weighted by Crippen LogP contribution is 2.21. The van der Waals surface area contributed by atoms with E-state index in [0.29, 0.717) is 6.04 Å². The number of rotatable bonds is 2. The smallest absolute Gasteiger partial charge is 0.337 e. The average Bonchev–Trinajstić information content (AvgIpc) is 2.30. The highest BCUT2D eigenvalue weighted by Gasteiger charge is 2.19. The van der Waals surface area contributed by atoms with Gasteiger partial charge in [-0.05, 0) is 19.1 Å². The predicted octanol–water partition coefficient (Wildman–Crippen LogP) is 1.72. The Kier molecular flexibility index (Phi) is 3.33. The summed E-state index contributed by atoms with van der Waals surface area (Å²) in [4.78, 5) is 17.1. The highest BCUT2D eigenvalue weighted by atomic mass is 32.2. The van der Waals surface area contributed by atoms with Gasteiger partial charge in [-0.1, -0.05) is 0 Å². The monoisotopic (exact) mass is 238 g/mol. The summed E-state index contributed by atoms with van der Waals surface area (Å²) in [5.74, 6) is 2.15. The fourth-order valence-corrected chi connectivity index (χ4v) is 2.76. The minimum atomic E-state index is -0.929. The van der Waals surface area contributed by atoms with Crippen molar-refractivity contribution in [3.05, 3.63) is 23.9 Å². The van der Waals surface area contributed by atoms with E-state index in [1.165, 1.54) is 6.20 Å². The number of thioether (sulfide) groups is 1. The normalized spacial score (nSPS) is 20.8. The maximum Gasteiger partial charge on any atom is 0.337 e. The molecule has 1 N–H and O–H groups in total. The van der Waals surface area contributed by atoms with Gasteiger partial charge in [0.15, 0.2) is 0 Å². The van der Waals surface area contributed by atoms with Crippen LogP contribution in [0.25, 0.3) is 0 Å². The molecule has 1 aromatic heterocycles. The van der Waals surface area contributed by atoms with Gasteiger partial charge in [0, 0.05) is 30.3 Å². The minimum absolute atomic E-state index is 0.239. The van der Waals surface area contributed by atoms with Gasteiger partial charge in [0.1, 0.15) is 5.82 Å². The summed E-state index contributed by atoms with van der Waals surface area (Å²) in [6.45, 7) is 3.14. The highest BCUT2D eigenvalue weighted by molar-refractivity contribution is 7.99. The number of nitrogens with zero attached hydrogens (tertiary/aromatic N) is 2. The molecule has 2 heterocycles. The number of carboxylic acids is 1. The van der Waals surface area contributed by atoms with Crippen LogP contribution in [0.5, 0.6) is 0 Å². The molecular formula is C11H14N2O2S. The van der Waals surface area contributed by atoms with E-state index >= 15 is 0 Å². The molecule has 16 heavy (non-hydrogen) atoms. The number of hydrogen-bond donors (Lipinski definition) is 1. The molecule has 1 aliphatic heterocycles. The number of carbonyl (C=O) groups is 1. The summed E-state index contributed by atoms with van der Waals surface area (Å²) in [6, 6.07) is 3.86. The molecule has 2 rings (SSSR count). The lowest BCUT2D eigenvalue weighted by Crippen LogP contribution is -2.40. The first kappa shape index (κ1) is 11.3. The fourth-order valence-electron chi connectivity index (χ4n) is 1.75. The Hall–Kier alpha value is -1.23. The molecule has 0 radical (unpaired) electrons. The molecule has 86 valence electrons. The van der Waals surface area contributed by atoms with Crippen molar-refractivity contribution in [3.8, 4) is 0 Å². The van der Waals surface area contributed by atoms with Crippen molar-refractivity contribution in [2.75, 3.05) is 23.0 Å². The van der Waals surface area contributed by atoms with E-state index < -0.39 is 5.97 Å². The summed E-state index contributed by atoms with van der Waals surface area (Å²) in [5, 5.41) is 8.78. The third-order valence-electron chi connectivity index (χ3n) is 2.66. The van der Waals surface area contributed by atoms with Crippen molar-refractivity contribution in [2.45, 2.75) is 13.0 Å². The zero-order valence-corrected chi connectivity index (χ0v) is 9.91. The van der Waals surface area contributed by atoms with E-state index in [0.717, 1.165) is 23.9 Å². The lowest BCUT2D eigenvalue weighted by molar-refractivity contribution is 0.0696. The van der Waals surface area contributed by atoms with Crippen molar-refractivity contribution in [1.29, 1.82) is 0 Å². The van der Waals surface area contributed by atoms with Gasteiger partial charge in [0.05, 0.1) is 5.56 Å². The van der Waals surface area contributed by atoms with Crippen LogP contribution >= 0.6 is 11.8 Å². The van der Waals surface area contributed by atoms with Crippen LogP contribution in [-0.2, 0) is 0 Å². The predicted molar refractivity (Wildman–Crippen MR) is 65.3 cm³/mol. The Bertz CT molecular complexity index is 380. The van der Waals surface area contributed by atoms with Crippen LogP contribution in [0.1, 0.15) is 17.3 Å². The summed E-state index contributed by atoms with van der Waals surface area (Å²) < 4.78 is 0. The summed E-state index contributed by atoms with van der Waals surface area (Å²) in [7, 11) is 0. The zero-order valence-electron chi connectivity index (χ0n) is 9.09. The molecule has 1 aliphatic rings. The molecule has 1 atom stereocenters. The topological polar surface area (TPSA) is 53.4 Å². The SMILES string of the molecule is CC1CSCCN1c1ccc(C(=O)O)cn1. The molecule has 0 spiro atoms. The van der Waals surface area contributed by atoms with Crippen molar-refractivity contribution >= 4 is 23.5 Å². The van der Waals surface area contributed by atoms with Crippen LogP contribution < -0.4 is 4.90 Å². The van der Waals surface area contributed by atoms with Crippen molar-refractivity contribution < 1.29 is 9.90 Å². The van der Waals surface area contributed by atoms with Crippen LogP contribution in [0.4, 0.5) is 5.82 Å². The lowest BCUT2D eigenvalue weighted by Gasteiger charge is -2.34. The Balaban J connectivity index is 2.17. The van der Waals surface area contributed by atoms with Crippen LogP contribution in [0.3, 0.4) is 0 Å². The Labute approximate surface area is 98.7 Å². The van der Waals surface area contributed by atoms with Gasteiger partial charge < -0.3 is 10.0 Å². The van der Waals surface area contributed by atoms with Crippen molar-refractivity contribution in [2.24, 2.45) is 0 Å². The first-order valence-electron chi connectivity index (χ1n) is 5.22. The third kappa shape index (κ3) is 2.29. The largest absolute Gasteiger partial charge is 0.478 e. The molecule has 5 heteroatoms. The summed E-state index contributed by atoms with van der Waals surface area (Å²) in [6.07, 6.45) is 1.42. The Morgan fingerprint density at radius 1 is 1.62 bits per heavy atom. The van der Waals surface area contributed by atoms with Gasteiger partial charge in [-0.25, -0.2) is 9.78 Å². The van der Waals surface area contributed by atoms with Gasteiger partial charge >= 0.3 is 5.97 Å². The van der Waals surface area contributed by atoms with E-state index in [1.807, 2.05) is 11.8 Å². The second kappa shape index (κ2) is 4.74. The molecule has 1 saturated heterocycles. The first-order valence-corrected chi connectivity index (χ1v) is 6.37. The Morgan fingerprint density at radius 3 is 3.00 bits per heavy atom. The molecule has 0 aromatic carbocycles. The molecular weight excluding hydrogens is 224 g/mol. The number of aromatic nitrogens is 1. The van der Waals surface area contributed by atoms with Crippen LogP contribution in [0.2, 0.25) is 0 Å². The molecule has 0 saturated carbocycles. The minimum Gasteiger partial charge on any atom is -0.478 e. The number of pyridine rings is 1. The quantitative estimate of drug-likeness (QED) is 0.850. The van der Waals surface area contributed by atoms with Gasteiger partial charge in [-0.3, -0.25) is 0 Å².